The summed E-state index contributed by atoms with van der Waals surface area (Å²) in [4.78, 5) is 34.5. The number of rotatable bonds is 4. The number of carboxylic acid groups (broad SMARTS) is 1. The highest BCUT2D eigenvalue weighted by atomic mass is 32.1. The van der Waals surface area contributed by atoms with E-state index in [0.29, 0.717) is 9.88 Å². The van der Waals surface area contributed by atoms with Gasteiger partial charge in [-0.15, -0.1) is 11.3 Å². The van der Waals surface area contributed by atoms with Crippen molar-refractivity contribution in [2.75, 3.05) is 5.32 Å². The molecular formula is C13H18N2O4S. The van der Waals surface area contributed by atoms with Crippen LogP contribution in [0.5, 0.6) is 0 Å². The summed E-state index contributed by atoms with van der Waals surface area (Å²) >= 11 is 1.10. The van der Waals surface area contributed by atoms with E-state index >= 15 is 0 Å². The van der Waals surface area contributed by atoms with Crippen LogP contribution in [0.1, 0.15) is 37.4 Å². The molecule has 0 aliphatic heterocycles. The molecule has 0 radical (unpaired) electrons. The summed E-state index contributed by atoms with van der Waals surface area (Å²) in [5.41, 5.74) is -0.598. The molecule has 0 spiro atoms. The third kappa shape index (κ3) is 4.34. The number of anilines is 1. The molecule has 0 saturated carbocycles. The van der Waals surface area contributed by atoms with Crippen molar-refractivity contribution in [1.29, 1.82) is 0 Å². The standard InChI is InChI=1S/C13H18N2O4S/c1-7(16)14-9-6-5-8(20-9)11(17)15-10(12(18)19)13(2,3)4/h5-6,10H,1-4H3,(H,14,16)(H,15,17)(H,18,19)/t10-/m0/s1. The van der Waals surface area contributed by atoms with Crippen molar-refractivity contribution in [2.45, 2.75) is 33.7 Å². The van der Waals surface area contributed by atoms with Gasteiger partial charge in [-0.1, -0.05) is 20.8 Å². The Morgan fingerprint density at radius 3 is 2.30 bits per heavy atom. The van der Waals surface area contributed by atoms with Gasteiger partial charge < -0.3 is 15.7 Å². The Balaban J connectivity index is 2.82. The van der Waals surface area contributed by atoms with Crippen molar-refractivity contribution in [2.24, 2.45) is 5.41 Å². The van der Waals surface area contributed by atoms with Crippen molar-refractivity contribution in [3.63, 3.8) is 0 Å². The molecule has 0 bridgehead atoms. The summed E-state index contributed by atoms with van der Waals surface area (Å²) in [6, 6.07) is 2.17. The second-order valence-electron chi connectivity index (χ2n) is 5.46. The van der Waals surface area contributed by atoms with Crippen molar-refractivity contribution in [3.05, 3.63) is 17.0 Å². The maximum atomic E-state index is 12.0. The molecule has 1 heterocycles. The SMILES string of the molecule is CC(=O)Nc1ccc(C(=O)N[C@@H](C(=O)O)C(C)(C)C)s1. The van der Waals surface area contributed by atoms with E-state index in [1.54, 1.807) is 32.9 Å². The molecule has 0 aromatic carbocycles. The second-order valence-corrected chi connectivity index (χ2v) is 6.54. The number of carbonyl (C=O) groups is 3. The van der Waals surface area contributed by atoms with Crippen LogP contribution in [0, 0.1) is 5.41 Å². The van der Waals surface area contributed by atoms with Crippen LogP contribution in [0.15, 0.2) is 12.1 Å². The minimum absolute atomic E-state index is 0.225. The number of carbonyl (C=O) groups excluding carboxylic acids is 2. The van der Waals surface area contributed by atoms with E-state index in [2.05, 4.69) is 10.6 Å². The van der Waals surface area contributed by atoms with Crippen LogP contribution in [0.2, 0.25) is 0 Å². The Bertz CT molecular complexity index is 531. The lowest BCUT2D eigenvalue weighted by atomic mass is 9.87. The van der Waals surface area contributed by atoms with Gasteiger partial charge in [-0.05, 0) is 17.5 Å². The highest BCUT2D eigenvalue weighted by Gasteiger charge is 2.33. The zero-order valence-corrected chi connectivity index (χ0v) is 12.6. The van der Waals surface area contributed by atoms with Crippen LogP contribution >= 0.6 is 11.3 Å². The van der Waals surface area contributed by atoms with Crippen molar-refractivity contribution >= 4 is 34.1 Å². The largest absolute Gasteiger partial charge is 0.480 e. The lowest BCUT2D eigenvalue weighted by Crippen LogP contribution is -2.48. The van der Waals surface area contributed by atoms with Gasteiger partial charge in [0.15, 0.2) is 0 Å². The molecule has 20 heavy (non-hydrogen) atoms. The van der Waals surface area contributed by atoms with Crippen LogP contribution in [-0.4, -0.2) is 28.9 Å². The fourth-order valence-corrected chi connectivity index (χ4v) is 2.41. The predicted octanol–water partition coefficient (Wildman–Crippen LogP) is 1.94. The van der Waals surface area contributed by atoms with Gasteiger partial charge in [-0.25, -0.2) is 4.79 Å². The maximum absolute atomic E-state index is 12.0. The molecule has 0 unspecified atom stereocenters. The van der Waals surface area contributed by atoms with Crippen LogP contribution in [0.25, 0.3) is 0 Å². The van der Waals surface area contributed by atoms with E-state index in [4.69, 9.17) is 5.11 Å². The fourth-order valence-electron chi connectivity index (χ4n) is 1.55. The molecular weight excluding hydrogens is 280 g/mol. The van der Waals surface area contributed by atoms with Gasteiger partial charge in [0, 0.05) is 6.92 Å². The highest BCUT2D eigenvalue weighted by Crippen LogP contribution is 2.24. The highest BCUT2D eigenvalue weighted by molar-refractivity contribution is 7.18. The molecule has 3 N–H and O–H groups in total. The zero-order valence-electron chi connectivity index (χ0n) is 11.8. The lowest BCUT2D eigenvalue weighted by Gasteiger charge is -2.27. The average Bonchev–Trinajstić information content (AvgIpc) is 2.70. The second kappa shape index (κ2) is 6.04. The number of thiophene rings is 1. The van der Waals surface area contributed by atoms with Gasteiger partial charge in [-0.2, -0.15) is 0 Å². The van der Waals surface area contributed by atoms with Crippen LogP contribution in [0.3, 0.4) is 0 Å². The summed E-state index contributed by atoms with van der Waals surface area (Å²) in [5, 5.41) is 14.8. The van der Waals surface area contributed by atoms with E-state index in [-0.39, 0.29) is 5.91 Å². The summed E-state index contributed by atoms with van der Waals surface area (Å²) in [6.07, 6.45) is 0. The molecule has 0 saturated heterocycles. The summed E-state index contributed by atoms with van der Waals surface area (Å²) in [5.74, 6) is -1.77. The fraction of sp³-hybridized carbons (Fsp3) is 0.462. The number of aliphatic carboxylic acids is 1. The molecule has 0 aliphatic carbocycles. The van der Waals surface area contributed by atoms with E-state index in [0.717, 1.165) is 11.3 Å². The third-order valence-corrected chi connectivity index (χ3v) is 3.52. The Morgan fingerprint density at radius 1 is 1.25 bits per heavy atom. The molecule has 110 valence electrons. The number of hydrogen-bond donors (Lipinski definition) is 3. The summed E-state index contributed by atoms with van der Waals surface area (Å²) in [7, 11) is 0. The van der Waals surface area contributed by atoms with Gasteiger partial charge >= 0.3 is 5.97 Å². The number of nitrogens with one attached hydrogen (secondary N) is 2. The van der Waals surface area contributed by atoms with Crippen LogP contribution in [-0.2, 0) is 9.59 Å². The van der Waals surface area contributed by atoms with Crippen LogP contribution < -0.4 is 10.6 Å². The van der Waals surface area contributed by atoms with Gasteiger partial charge in [0.2, 0.25) is 5.91 Å². The van der Waals surface area contributed by atoms with Crippen molar-refractivity contribution in [3.8, 4) is 0 Å². The van der Waals surface area contributed by atoms with E-state index in [1.807, 2.05) is 0 Å². The minimum Gasteiger partial charge on any atom is -0.480 e. The Kier molecular flexibility index (Phi) is 4.88. The Labute approximate surface area is 121 Å². The Morgan fingerprint density at radius 2 is 1.85 bits per heavy atom. The molecule has 1 aromatic heterocycles. The third-order valence-electron chi connectivity index (χ3n) is 2.52. The van der Waals surface area contributed by atoms with Gasteiger partial charge in [-0.3, -0.25) is 9.59 Å². The lowest BCUT2D eigenvalue weighted by molar-refractivity contribution is -0.142. The molecule has 2 amide bonds. The topological polar surface area (TPSA) is 95.5 Å². The van der Waals surface area contributed by atoms with E-state index in [9.17, 15) is 14.4 Å². The Hall–Kier alpha value is -1.89. The molecule has 1 aromatic rings. The number of amides is 2. The van der Waals surface area contributed by atoms with Gasteiger partial charge in [0.1, 0.15) is 6.04 Å². The summed E-state index contributed by atoms with van der Waals surface area (Å²) in [6.45, 7) is 6.59. The molecule has 7 heteroatoms. The van der Waals surface area contributed by atoms with Crippen molar-refractivity contribution in [1.82, 2.24) is 5.32 Å². The molecule has 6 nitrogen and oxygen atoms in total. The minimum atomic E-state index is -1.08. The first-order valence-electron chi connectivity index (χ1n) is 6.02. The zero-order chi connectivity index (χ0) is 15.5. The first kappa shape index (κ1) is 16.2. The smallest absolute Gasteiger partial charge is 0.326 e. The predicted molar refractivity (Wildman–Crippen MR) is 77.0 cm³/mol. The molecule has 1 atom stereocenters. The quantitative estimate of drug-likeness (QED) is 0.791. The van der Waals surface area contributed by atoms with Gasteiger partial charge in [0.25, 0.3) is 5.91 Å². The monoisotopic (exact) mass is 298 g/mol. The normalized spacial score (nSPS) is 12.6. The van der Waals surface area contributed by atoms with E-state index < -0.39 is 23.3 Å². The van der Waals surface area contributed by atoms with E-state index in [1.165, 1.54) is 6.92 Å². The average molecular weight is 298 g/mol. The molecule has 1 rings (SSSR count). The first-order valence-corrected chi connectivity index (χ1v) is 6.84. The molecule has 0 fully saturated rings. The maximum Gasteiger partial charge on any atom is 0.326 e. The summed E-state index contributed by atoms with van der Waals surface area (Å²) < 4.78 is 0. The van der Waals surface area contributed by atoms with Crippen LogP contribution in [0.4, 0.5) is 5.00 Å². The number of hydrogen-bond acceptors (Lipinski definition) is 4. The first-order chi connectivity index (χ1) is 9.11. The number of carboxylic acids is 1. The van der Waals surface area contributed by atoms with Crippen molar-refractivity contribution < 1.29 is 19.5 Å². The van der Waals surface area contributed by atoms with Gasteiger partial charge in [0.05, 0.1) is 9.88 Å². The molecule has 0 aliphatic rings.